The van der Waals surface area contributed by atoms with Crippen molar-refractivity contribution in [2.24, 2.45) is 0 Å². The number of nitrogens with zero attached hydrogens (tertiary/aromatic N) is 4. The number of aromatic nitrogens is 4. The summed E-state index contributed by atoms with van der Waals surface area (Å²) in [6.45, 7) is 5.03. The second-order valence-corrected chi connectivity index (χ2v) is 8.29. The molecular formula is C26H34N4O4. The van der Waals surface area contributed by atoms with E-state index in [1.54, 1.807) is 20.4 Å². The minimum Gasteiger partial charge on any atom is -0.478 e. The number of aromatic carboxylic acids is 1. The molecule has 0 saturated heterocycles. The molecule has 0 radical (unpaired) electrons. The largest absolute Gasteiger partial charge is 0.478 e. The fraction of sp³-hybridized carbons (Fsp3) is 0.462. The van der Waals surface area contributed by atoms with E-state index in [2.05, 4.69) is 18.8 Å². The number of carboxylic acids is 1. The van der Waals surface area contributed by atoms with Crippen molar-refractivity contribution in [2.45, 2.75) is 64.7 Å². The summed E-state index contributed by atoms with van der Waals surface area (Å²) < 4.78 is 13.4. The van der Waals surface area contributed by atoms with Crippen LogP contribution in [0.2, 0.25) is 0 Å². The van der Waals surface area contributed by atoms with Gasteiger partial charge in [-0.2, -0.15) is 5.10 Å². The molecule has 0 fully saturated rings. The minimum atomic E-state index is -0.971. The standard InChI is InChI=1S/C26H34N4O4/c1-5-7-8-16-30-23(28-25(29-30)26(33-3,34-4)14-6-2)17-19-9-11-20(12-10-19)22-18-27-15-13-21(22)24(31)32/h9-13,15,18H,5-8,14,16-17H2,1-4H3,(H,31,32). The van der Waals surface area contributed by atoms with Crippen molar-refractivity contribution in [1.82, 2.24) is 19.7 Å². The number of hydrogen-bond donors (Lipinski definition) is 1. The van der Waals surface area contributed by atoms with Crippen molar-refractivity contribution in [1.29, 1.82) is 0 Å². The zero-order valence-electron chi connectivity index (χ0n) is 20.5. The number of unbranched alkanes of at least 4 members (excludes halogenated alkanes) is 2. The normalized spacial score (nSPS) is 11.6. The van der Waals surface area contributed by atoms with Crippen LogP contribution in [-0.2, 0) is 28.2 Å². The molecule has 8 nitrogen and oxygen atoms in total. The van der Waals surface area contributed by atoms with Gasteiger partial charge < -0.3 is 14.6 Å². The van der Waals surface area contributed by atoms with E-state index < -0.39 is 11.8 Å². The number of benzene rings is 1. The molecule has 3 rings (SSSR count). The zero-order chi connectivity index (χ0) is 24.6. The molecule has 0 unspecified atom stereocenters. The van der Waals surface area contributed by atoms with E-state index in [4.69, 9.17) is 19.6 Å². The van der Waals surface area contributed by atoms with Crippen LogP contribution in [0.25, 0.3) is 11.1 Å². The Morgan fingerprint density at radius 3 is 2.41 bits per heavy atom. The molecule has 0 atom stereocenters. The quantitative estimate of drug-likeness (QED) is 0.277. The highest BCUT2D eigenvalue weighted by Gasteiger charge is 2.36. The van der Waals surface area contributed by atoms with Gasteiger partial charge in [0.1, 0.15) is 5.82 Å². The summed E-state index contributed by atoms with van der Waals surface area (Å²) >= 11 is 0. The highest BCUT2D eigenvalue weighted by atomic mass is 16.7. The Morgan fingerprint density at radius 2 is 1.79 bits per heavy atom. The fourth-order valence-corrected chi connectivity index (χ4v) is 4.06. The second-order valence-electron chi connectivity index (χ2n) is 8.29. The predicted molar refractivity (Wildman–Crippen MR) is 130 cm³/mol. The predicted octanol–water partition coefficient (Wildman–Crippen LogP) is 5.07. The molecule has 2 aromatic heterocycles. The Hall–Kier alpha value is -3.10. The lowest BCUT2D eigenvalue weighted by Crippen LogP contribution is -2.32. The highest BCUT2D eigenvalue weighted by Crippen LogP contribution is 2.30. The SMILES string of the molecule is CCCCCn1nc(C(CCC)(OC)OC)nc1Cc1ccc(-c2cnccc2C(=O)O)cc1. The van der Waals surface area contributed by atoms with Gasteiger partial charge in [0.25, 0.3) is 0 Å². The van der Waals surface area contributed by atoms with Crippen molar-refractivity contribution < 1.29 is 19.4 Å². The summed E-state index contributed by atoms with van der Waals surface area (Å²) in [5.74, 6) is -0.539. The maximum Gasteiger partial charge on any atom is 0.336 e. The molecule has 0 aliphatic rings. The fourth-order valence-electron chi connectivity index (χ4n) is 4.06. The van der Waals surface area contributed by atoms with Crippen LogP contribution in [0, 0.1) is 0 Å². The van der Waals surface area contributed by atoms with Crippen molar-refractivity contribution >= 4 is 5.97 Å². The van der Waals surface area contributed by atoms with Crippen LogP contribution in [0.4, 0.5) is 0 Å². The van der Waals surface area contributed by atoms with Crippen molar-refractivity contribution in [2.75, 3.05) is 14.2 Å². The third-order valence-electron chi connectivity index (χ3n) is 5.98. The molecule has 0 amide bonds. The molecule has 34 heavy (non-hydrogen) atoms. The third-order valence-corrected chi connectivity index (χ3v) is 5.98. The lowest BCUT2D eigenvalue weighted by atomic mass is 10.00. The average molecular weight is 467 g/mol. The lowest BCUT2D eigenvalue weighted by molar-refractivity contribution is -0.225. The van der Waals surface area contributed by atoms with E-state index >= 15 is 0 Å². The van der Waals surface area contributed by atoms with E-state index in [0.717, 1.165) is 49.2 Å². The second kappa shape index (κ2) is 11.9. The number of aryl methyl sites for hydroxylation is 1. The number of rotatable bonds is 13. The van der Waals surface area contributed by atoms with Gasteiger partial charge in [0.2, 0.25) is 11.6 Å². The van der Waals surface area contributed by atoms with Gasteiger partial charge >= 0.3 is 5.97 Å². The number of methoxy groups -OCH3 is 2. The maximum atomic E-state index is 11.6. The van der Waals surface area contributed by atoms with Crippen molar-refractivity contribution in [3.05, 3.63) is 65.5 Å². The van der Waals surface area contributed by atoms with Crippen LogP contribution < -0.4 is 0 Å². The first-order valence-electron chi connectivity index (χ1n) is 11.8. The summed E-state index contributed by atoms with van der Waals surface area (Å²) in [5.41, 5.74) is 2.68. The molecule has 0 spiro atoms. The van der Waals surface area contributed by atoms with Gasteiger partial charge in [0.15, 0.2) is 0 Å². The van der Waals surface area contributed by atoms with Crippen LogP contribution in [-0.4, -0.2) is 45.0 Å². The Balaban J connectivity index is 1.90. The topological polar surface area (TPSA) is 99.4 Å². The third kappa shape index (κ3) is 5.69. The first-order valence-corrected chi connectivity index (χ1v) is 11.8. The molecule has 0 bridgehead atoms. The molecule has 0 aliphatic heterocycles. The first kappa shape index (κ1) is 25.5. The van der Waals surface area contributed by atoms with E-state index in [0.29, 0.717) is 24.2 Å². The Bertz CT molecular complexity index is 1070. The molecule has 182 valence electrons. The van der Waals surface area contributed by atoms with Crippen LogP contribution >= 0.6 is 0 Å². The number of carboxylic acid groups (broad SMARTS) is 1. The van der Waals surface area contributed by atoms with Gasteiger partial charge in [-0.05, 0) is 23.6 Å². The van der Waals surface area contributed by atoms with Gasteiger partial charge in [0, 0.05) is 51.6 Å². The molecular weight excluding hydrogens is 432 g/mol. The van der Waals surface area contributed by atoms with Gasteiger partial charge in [-0.25, -0.2) is 14.5 Å². The minimum absolute atomic E-state index is 0.231. The Labute approximate surface area is 201 Å². The summed E-state index contributed by atoms with van der Waals surface area (Å²) in [7, 11) is 3.25. The molecule has 8 heteroatoms. The lowest BCUT2D eigenvalue weighted by Gasteiger charge is -2.27. The first-order chi connectivity index (χ1) is 16.5. The van der Waals surface area contributed by atoms with E-state index in [-0.39, 0.29) is 5.56 Å². The molecule has 0 aliphatic carbocycles. The Kier molecular flexibility index (Phi) is 8.90. The van der Waals surface area contributed by atoms with Gasteiger partial charge in [-0.1, -0.05) is 57.4 Å². The van der Waals surface area contributed by atoms with Crippen LogP contribution in [0.1, 0.15) is 73.5 Å². The van der Waals surface area contributed by atoms with Gasteiger partial charge in [-0.15, -0.1) is 0 Å². The summed E-state index contributed by atoms with van der Waals surface area (Å²) in [5, 5.41) is 14.3. The summed E-state index contributed by atoms with van der Waals surface area (Å²) in [4.78, 5) is 20.5. The summed E-state index contributed by atoms with van der Waals surface area (Å²) in [6, 6.07) is 9.33. The van der Waals surface area contributed by atoms with Crippen molar-refractivity contribution in [3.63, 3.8) is 0 Å². The average Bonchev–Trinajstić information content (AvgIpc) is 3.26. The monoisotopic (exact) mass is 466 g/mol. The Morgan fingerprint density at radius 1 is 1.06 bits per heavy atom. The van der Waals surface area contributed by atoms with E-state index in [1.165, 1.54) is 12.3 Å². The number of pyridine rings is 1. The molecule has 0 saturated carbocycles. The van der Waals surface area contributed by atoms with Gasteiger partial charge in [-0.3, -0.25) is 4.98 Å². The number of ether oxygens (including phenoxy) is 2. The highest BCUT2D eigenvalue weighted by molar-refractivity contribution is 5.95. The van der Waals surface area contributed by atoms with Crippen molar-refractivity contribution in [3.8, 4) is 11.1 Å². The molecule has 1 aromatic carbocycles. The van der Waals surface area contributed by atoms with Crippen LogP contribution in [0.15, 0.2) is 42.7 Å². The van der Waals surface area contributed by atoms with Crippen LogP contribution in [0.3, 0.4) is 0 Å². The van der Waals surface area contributed by atoms with E-state index in [9.17, 15) is 9.90 Å². The molecule has 1 N–H and O–H groups in total. The smallest absolute Gasteiger partial charge is 0.336 e. The van der Waals surface area contributed by atoms with E-state index in [1.807, 2.05) is 28.9 Å². The number of hydrogen-bond acceptors (Lipinski definition) is 6. The van der Waals surface area contributed by atoms with Gasteiger partial charge in [0.05, 0.1) is 5.56 Å². The zero-order valence-corrected chi connectivity index (χ0v) is 20.5. The maximum absolute atomic E-state index is 11.6. The number of carbonyl (C=O) groups is 1. The van der Waals surface area contributed by atoms with Crippen LogP contribution in [0.5, 0.6) is 0 Å². The molecule has 3 aromatic rings. The summed E-state index contributed by atoms with van der Waals surface area (Å²) in [6.07, 6.45) is 8.45. The molecule has 2 heterocycles.